The molecule has 0 aliphatic heterocycles. The van der Waals surface area contributed by atoms with Gasteiger partial charge in [-0.2, -0.15) is 0 Å². The van der Waals surface area contributed by atoms with Crippen LogP contribution in [0.4, 0.5) is 0 Å². The van der Waals surface area contributed by atoms with Crippen LogP contribution in [0.5, 0.6) is 0 Å². The fourth-order valence-electron chi connectivity index (χ4n) is 1.54. The van der Waals surface area contributed by atoms with Gasteiger partial charge < -0.3 is 8.83 Å². The average molecular weight is 215 g/mol. The molecule has 2 aromatic rings. The SMILES string of the molecule is C#CCN(Cc1ccco1)Cc1ccco1. The van der Waals surface area contributed by atoms with Gasteiger partial charge in [0.2, 0.25) is 0 Å². The lowest BCUT2D eigenvalue weighted by Gasteiger charge is -2.16. The summed E-state index contributed by atoms with van der Waals surface area (Å²) in [6, 6.07) is 7.61. The molecule has 0 aliphatic rings. The van der Waals surface area contributed by atoms with Crippen LogP contribution >= 0.6 is 0 Å². The predicted octanol–water partition coefficient (Wildman–Crippen LogP) is 2.51. The van der Waals surface area contributed by atoms with E-state index < -0.39 is 0 Å². The Morgan fingerprint density at radius 2 is 1.62 bits per heavy atom. The van der Waals surface area contributed by atoms with Crippen LogP contribution in [0.3, 0.4) is 0 Å². The average Bonchev–Trinajstić information content (AvgIpc) is 2.91. The summed E-state index contributed by atoms with van der Waals surface area (Å²) in [6.07, 6.45) is 8.66. The summed E-state index contributed by atoms with van der Waals surface area (Å²) >= 11 is 0. The predicted molar refractivity (Wildman–Crippen MR) is 60.4 cm³/mol. The zero-order valence-corrected chi connectivity index (χ0v) is 8.93. The molecule has 0 aromatic carbocycles. The van der Waals surface area contributed by atoms with E-state index >= 15 is 0 Å². The first-order valence-electron chi connectivity index (χ1n) is 5.09. The van der Waals surface area contributed by atoms with Crippen LogP contribution < -0.4 is 0 Å². The second-order valence-electron chi connectivity index (χ2n) is 3.51. The van der Waals surface area contributed by atoms with Gasteiger partial charge in [-0.1, -0.05) is 5.92 Å². The van der Waals surface area contributed by atoms with Crippen molar-refractivity contribution in [2.24, 2.45) is 0 Å². The number of furan rings is 2. The third-order valence-corrected chi connectivity index (χ3v) is 2.23. The fourth-order valence-corrected chi connectivity index (χ4v) is 1.54. The molecule has 2 aromatic heterocycles. The summed E-state index contributed by atoms with van der Waals surface area (Å²) in [6.45, 7) is 1.96. The maximum Gasteiger partial charge on any atom is 0.117 e. The van der Waals surface area contributed by atoms with Crippen molar-refractivity contribution in [1.82, 2.24) is 4.90 Å². The first-order valence-corrected chi connectivity index (χ1v) is 5.09. The Kier molecular flexibility index (Phi) is 3.47. The summed E-state index contributed by atoms with van der Waals surface area (Å²) in [4.78, 5) is 2.08. The summed E-state index contributed by atoms with van der Waals surface area (Å²) in [5, 5.41) is 0. The molecule has 3 nitrogen and oxygen atoms in total. The lowest BCUT2D eigenvalue weighted by molar-refractivity contribution is 0.243. The molecule has 0 spiro atoms. The van der Waals surface area contributed by atoms with E-state index in [1.807, 2.05) is 24.3 Å². The molecular weight excluding hydrogens is 202 g/mol. The van der Waals surface area contributed by atoms with Crippen molar-refractivity contribution < 1.29 is 8.83 Å². The highest BCUT2D eigenvalue weighted by Gasteiger charge is 2.08. The summed E-state index contributed by atoms with van der Waals surface area (Å²) in [5.74, 6) is 4.44. The monoisotopic (exact) mass is 215 g/mol. The summed E-state index contributed by atoms with van der Waals surface area (Å²) < 4.78 is 10.6. The number of hydrogen-bond acceptors (Lipinski definition) is 3. The normalized spacial score (nSPS) is 10.5. The summed E-state index contributed by atoms with van der Waals surface area (Å²) in [5.41, 5.74) is 0. The quantitative estimate of drug-likeness (QED) is 0.718. The maximum atomic E-state index is 5.33. The molecule has 0 atom stereocenters. The Bertz CT molecular complexity index is 400. The Morgan fingerprint density at radius 1 is 1.06 bits per heavy atom. The molecule has 0 unspecified atom stereocenters. The van der Waals surface area contributed by atoms with E-state index in [1.54, 1.807) is 12.5 Å². The van der Waals surface area contributed by atoms with E-state index in [4.69, 9.17) is 15.3 Å². The first-order chi connectivity index (χ1) is 7.88. The molecule has 0 aliphatic carbocycles. The van der Waals surface area contributed by atoms with Crippen LogP contribution in [0.25, 0.3) is 0 Å². The third-order valence-electron chi connectivity index (χ3n) is 2.23. The van der Waals surface area contributed by atoms with E-state index in [-0.39, 0.29) is 0 Å². The molecule has 2 rings (SSSR count). The number of nitrogens with zero attached hydrogens (tertiary/aromatic N) is 1. The van der Waals surface area contributed by atoms with Crippen molar-refractivity contribution >= 4 is 0 Å². The molecule has 3 heteroatoms. The minimum atomic E-state index is 0.571. The lowest BCUT2D eigenvalue weighted by atomic mass is 10.3. The molecule has 0 bridgehead atoms. The van der Waals surface area contributed by atoms with E-state index in [2.05, 4.69) is 10.8 Å². The standard InChI is InChI=1S/C13H13NO2/c1-2-7-14(10-12-5-3-8-15-12)11-13-6-4-9-16-13/h1,3-6,8-9H,7,10-11H2. The molecule has 0 saturated heterocycles. The fraction of sp³-hybridized carbons (Fsp3) is 0.231. The van der Waals surface area contributed by atoms with E-state index in [0.29, 0.717) is 19.6 Å². The van der Waals surface area contributed by atoms with Crippen molar-refractivity contribution in [3.63, 3.8) is 0 Å². The van der Waals surface area contributed by atoms with Crippen LogP contribution in [0.15, 0.2) is 45.6 Å². The molecule has 16 heavy (non-hydrogen) atoms. The van der Waals surface area contributed by atoms with Gasteiger partial charge in [0.25, 0.3) is 0 Å². The number of rotatable bonds is 5. The second kappa shape index (κ2) is 5.24. The molecule has 2 heterocycles. The first kappa shape index (κ1) is 10.6. The van der Waals surface area contributed by atoms with E-state index in [9.17, 15) is 0 Å². The van der Waals surface area contributed by atoms with Gasteiger partial charge in [-0.05, 0) is 24.3 Å². The molecule has 82 valence electrons. The highest BCUT2D eigenvalue weighted by atomic mass is 16.3. The van der Waals surface area contributed by atoms with E-state index in [1.165, 1.54) is 0 Å². The topological polar surface area (TPSA) is 29.5 Å². The maximum absolute atomic E-state index is 5.33. The van der Waals surface area contributed by atoms with Gasteiger partial charge in [0.05, 0.1) is 32.2 Å². The second-order valence-corrected chi connectivity index (χ2v) is 3.51. The van der Waals surface area contributed by atoms with Gasteiger partial charge in [0, 0.05) is 0 Å². The van der Waals surface area contributed by atoms with Gasteiger partial charge >= 0.3 is 0 Å². The van der Waals surface area contributed by atoms with Gasteiger partial charge in [0.1, 0.15) is 11.5 Å². The zero-order valence-electron chi connectivity index (χ0n) is 8.93. The van der Waals surface area contributed by atoms with Crippen LogP contribution in [0, 0.1) is 12.3 Å². The number of terminal acetylenes is 1. The van der Waals surface area contributed by atoms with Gasteiger partial charge in [-0.3, -0.25) is 4.90 Å². The van der Waals surface area contributed by atoms with E-state index in [0.717, 1.165) is 11.5 Å². The van der Waals surface area contributed by atoms with Gasteiger partial charge in [-0.25, -0.2) is 0 Å². The third kappa shape index (κ3) is 2.78. The van der Waals surface area contributed by atoms with Gasteiger partial charge in [-0.15, -0.1) is 6.42 Å². The Hall–Kier alpha value is -1.92. The largest absolute Gasteiger partial charge is 0.468 e. The minimum Gasteiger partial charge on any atom is -0.468 e. The van der Waals surface area contributed by atoms with Crippen LogP contribution in [0.2, 0.25) is 0 Å². The summed E-state index contributed by atoms with van der Waals surface area (Å²) in [7, 11) is 0. The number of hydrogen-bond donors (Lipinski definition) is 0. The van der Waals surface area contributed by atoms with Crippen molar-refractivity contribution in [3.05, 3.63) is 48.3 Å². The minimum absolute atomic E-state index is 0.571. The highest BCUT2D eigenvalue weighted by molar-refractivity contribution is 5.02. The Morgan fingerprint density at radius 3 is 2.00 bits per heavy atom. The molecule has 0 saturated carbocycles. The van der Waals surface area contributed by atoms with Crippen molar-refractivity contribution in [2.45, 2.75) is 13.1 Å². The molecule has 0 radical (unpaired) electrons. The smallest absolute Gasteiger partial charge is 0.117 e. The van der Waals surface area contributed by atoms with Crippen LogP contribution in [-0.2, 0) is 13.1 Å². The van der Waals surface area contributed by atoms with Crippen LogP contribution in [-0.4, -0.2) is 11.4 Å². The van der Waals surface area contributed by atoms with Crippen molar-refractivity contribution in [2.75, 3.05) is 6.54 Å². The molecular formula is C13H13NO2. The zero-order chi connectivity index (χ0) is 11.2. The molecule has 0 amide bonds. The van der Waals surface area contributed by atoms with Crippen molar-refractivity contribution in [3.8, 4) is 12.3 Å². The van der Waals surface area contributed by atoms with Gasteiger partial charge in [0.15, 0.2) is 0 Å². The van der Waals surface area contributed by atoms with Crippen LogP contribution in [0.1, 0.15) is 11.5 Å². The Labute approximate surface area is 94.7 Å². The van der Waals surface area contributed by atoms with Crippen molar-refractivity contribution in [1.29, 1.82) is 0 Å². The Balaban J connectivity index is 1.98. The highest BCUT2D eigenvalue weighted by Crippen LogP contribution is 2.10. The molecule has 0 fully saturated rings. The lowest BCUT2D eigenvalue weighted by Crippen LogP contribution is -2.22. The molecule has 0 N–H and O–H groups in total.